The molecule has 0 radical (unpaired) electrons. The van der Waals surface area contributed by atoms with Crippen molar-refractivity contribution in [2.45, 2.75) is 0 Å². The van der Waals surface area contributed by atoms with Gasteiger partial charge in [-0.1, -0.05) is 25.3 Å². The Hall–Kier alpha value is 0.880. The quantitative estimate of drug-likeness (QED) is 0.553. The molecule has 0 aromatic carbocycles. The molecule has 0 saturated heterocycles. The molecule has 0 aromatic heterocycles. The lowest BCUT2D eigenvalue weighted by Gasteiger charge is -1.44. The molecule has 0 nitrogen and oxygen atoms in total. The summed E-state index contributed by atoms with van der Waals surface area (Å²) in [5.74, 6) is 0. The van der Waals surface area contributed by atoms with Crippen LogP contribution in [0.2, 0.25) is 0 Å². The molecule has 4 heteroatoms. The first-order valence-corrected chi connectivity index (χ1v) is 1.15. The van der Waals surface area contributed by atoms with Crippen LogP contribution in [-0.2, 0) is 0 Å². The van der Waals surface area contributed by atoms with E-state index in [1.807, 2.05) is 0 Å². The summed E-state index contributed by atoms with van der Waals surface area (Å²) in [6, 6.07) is 0. The van der Waals surface area contributed by atoms with Crippen molar-refractivity contribution in [3.63, 3.8) is 0 Å². The van der Waals surface area contributed by atoms with E-state index in [0.29, 0.717) is 0 Å². The molecule has 0 saturated carbocycles. The molecule has 0 N–H and O–H groups in total. The molecule has 0 amide bonds. The monoisotopic (exact) mass is 190 g/mol. The molecular weight excluding hydrogens is 176 g/mol. The van der Waals surface area contributed by atoms with Crippen LogP contribution in [0.3, 0.4) is 0 Å². The van der Waals surface area contributed by atoms with Crippen molar-refractivity contribution in [2.75, 3.05) is 0 Å². The summed E-state index contributed by atoms with van der Waals surface area (Å²) >= 11 is 0. The van der Waals surface area contributed by atoms with E-state index >= 15 is 0 Å². The zero-order valence-corrected chi connectivity index (χ0v) is 8.57. The van der Waals surface area contributed by atoms with Gasteiger partial charge in [-0.05, 0) is 0 Å². The summed E-state index contributed by atoms with van der Waals surface area (Å²) in [7, 11) is 0. The van der Waals surface area contributed by atoms with Crippen LogP contribution in [0.15, 0.2) is 25.3 Å². The number of hydrogen-bond acceptors (Lipinski definition) is 0. The van der Waals surface area contributed by atoms with Gasteiger partial charge in [-0.2, -0.15) is 54.0 Å². The van der Waals surface area contributed by atoms with Crippen LogP contribution in [0.4, 0.5) is 0 Å². The molecule has 0 aliphatic heterocycles. The number of hydrogen-bond donors (Lipinski definition) is 0. The van der Waals surface area contributed by atoms with Crippen LogP contribution < -0.4 is 0 Å². The van der Waals surface area contributed by atoms with Crippen LogP contribution in [0.1, 0.15) is 0 Å². The van der Waals surface area contributed by atoms with Gasteiger partial charge in [0.15, 0.2) is 0 Å². The van der Waals surface area contributed by atoms with Crippen LogP contribution >= 0.6 is 54.0 Å². The smallest absolute Gasteiger partial charge is 0.0701 e. The van der Waals surface area contributed by atoms with Crippen LogP contribution in [0.5, 0.6) is 0 Å². The molecule has 54 valence electrons. The minimum absolute atomic E-state index is 0. The third-order valence-electron chi connectivity index (χ3n) is 0.167. The molecule has 0 heterocycles. The van der Waals surface area contributed by atoms with Gasteiger partial charge in [0.25, 0.3) is 0 Å². The van der Waals surface area contributed by atoms with E-state index in [9.17, 15) is 0 Å². The first-order valence-electron chi connectivity index (χ1n) is 1.15. The van der Waals surface area contributed by atoms with Gasteiger partial charge < -0.3 is 0 Å². The van der Waals surface area contributed by atoms with Gasteiger partial charge in [0.05, 0.1) is 0 Å². The second-order valence-corrected chi connectivity index (χ2v) is 0.471. The summed E-state index contributed by atoms with van der Waals surface area (Å²) in [5, 5.41) is 0. The van der Waals surface area contributed by atoms with Crippen molar-refractivity contribution in [3.8, 4) is 0 Å². The Balaban J connectivity index is -0.00000000750. The molecule has 0 bridgehead atoms. The Labute approximate surface area is 79.2 Å². The highest BCUT2D eigenvalue weighted by molar-refractivity contribution is 7.59. The average molecular weight is 190 g/mol. The summed E-state index contributed by atoms with van der Waals surface area (Å²) in [4.78, 5) is 0. The van der Waals surface area contributed by atoms with Crippen molar-refractivity contribution in [3.05, 3.63) is 25.3 Å². The fourth-order valence-corrected chi connectivity index (χ4v) is 0. The van der Waals surface area contributed by atoms with Gasteiger partial charge in [0.1, 0.15) is 0 Å². The summed E-state index contributed by atoms with van der Waals surface area (Å²) in [5.41, 5.74) is 0. The van der Waals surface area contributed by atoms with Gasteiger partial charge in [-0.3, -0.25) is 0 Å². The highest BCUT2D eigenvalue weighted by Crippen LogP contribution is 1.52. The molecule has 0 aromatic rings. The standard InChI is InChI=1S/C4H6.4H2S/c1-3-4-2;;;;/h3-4H,1-2H2;4*1H2. The normalized spacial score (nSPS) is 2.50. The molecule has 0 unspecified atom stereocenters. The number of rotatable bonds is 1. The van der Waals surface area contributed by atoms with E-state index in [0.717, 1.165) is 0 Å². The van der Waals surface area contributed by atoms with E-state index in [1.54, 1.807) is 12.2 Å². The van der Waals surface area contributed by atoms with Gasteiger partial charge in [-0.25, -0.2) is 0 Å². The Bertz CT molecular complexity index is 29.0. The highest BCUT2D eigenvalue weighted by Gasteiger charge is 1.29. The van der Waals surface area contributed by atoms with Crippen molar-refractivity contribution < 1.29 is 0 Å². The predicted octanol–water partition coefficient (Wildman–Crippen LogP) is 1.81. The largest absolute Gasteiger partial charge is 0.197 e. The molecule has 8 heavy (non-hydrogen) atoms. The third-order valence-corrected chi connectivity index (χ3v) is 0.167. The zero-order valence-electron chi connectivity index (χ0n) is 4.57. The lowest BCUT2D eigenvalue weighted by atomic mass is 10.6. The van der Waals surface area contributed by atoms with Crippen molar-refractivity contribution in [1.29, 1.82) is 0 Å². The second kappa shape index (κ2) is 45.0. The first-order chi connectivity index (χ1) is 1.91. The minimum Gasteiger partial charge on any atom is -0.197 e. The van der Waals surface area contributed by atoms with E-state index < -0.39 is 0 Å². The molecule has 0 aliphatic rings. The first kappa shape index (κ1) is 36.6. The maximum Gasteiger partial charge on any atom is -0.0701 e. The van der Waals surface area contributed by atoms with E-state index in [-0.39, 0.29) is 54.0 Å². The molecule has 0 atom stereocenters. The Morgan fingerprint density at radius 1 is 0.625 bits per heavy atom. The van der Waals surface area contributed by atoms with Gasteiger partial charge in [-0.15, -0.1) is 0 Å². The third kappa shape index (κ3) is 67.3. The minimum atomic E-state index is 0. The molecule has 0 aliphatic carbocycles. The van der Waals surface area contributed by atoms with Crippen LogP contribution in [-0.4, -0.2) is 0 Å². The molecule has 0 rings (SSSR count). The van der Waals surface area contributed by atoms with Crippen LogP contribution in [0.25, 0.3) is 0 Å². The van der Waals surface area contributed by atoms with Gasteiger partial charge in [0.2, 0.25) is 0 Å². The fourth-order valence-electron chi connectivity index (χ4n) is 0. The molecular formula is C4H14S4. The van der Waals surface area contributed by atoms with Crippen LogP contribution in [0, 0.1) is 0 Å². The van der Waals surface area contributed by atoms with E-state index in [2.05, 4.69) is 13.2 Å². The highest BCUT2D eigenvalue weighted by atomic mass is 32.1. The Kier molecular flexibility index (Phi) is 206. The zero-order chi connectivity index (χ0) is 3.41. The lowest BCUT2D eigenvalue weighted by Crippen LogP contribution is -1.21. The van der Waals surface area contributed by atoms with E-state index in [1.165, 1.54) is 0 Å². The second-order valence-electron chi connectivity index (χ2n) is 0.471. The maximum absolute atomic E-state index is 3.36. The van der Waals surface area contributed by atoms with Gasteiger partial charge >= 0.3 is 0 Å². The Morgan fingerprint density at radius 3 is 0.750 bits per heavy atom. The maximum atomic E-state index is 3.36. The Morgan fingerprint density at radius 2 is 0.750 bits per heavy atom. The lowest BCUT2D eigenvalue weighted by molar-refractivity contribution is 2.15. The average Bonchev–Trinajstić information content (AvgIpc) is 1.37. The molecule has 0 fully saturated rings. The summed E-state index contributed by atoms with van der Waals surface area (Å²) in [6.45, 7) is 6.72. The molecule has 0 spiro atoms. The summed E-state index contributed by atoms with van der Waals surface area (Å²) < 4.78 is 0. The predicted molar refractivity (Wildman–Crippen MR) is 61.9 cm³/mol. The van der Waals surface area contributed by atoms with Crippen molar-refractivity contribution in [2.24, 2.45) is 0 Å². The van der Waals surface area contributed by atoms with Crippen molar-refractivity contribution >= 4 is 54.0 Å². The number of allylic oxidation sites excluding steroid dienone is 2. The fraction of sp³-hybridized carbons (Fsp3) is 0. The SMILES string of the molecule is C=CC=C.S.S.S.S. The summed E-state index contributed by atoms with van der Waals surface area (Å²) in [6.07, 6.45) is 3.28. The topological polar surface area (TPSA) is 0 Å². The van der Waals surface area contributed by atoms with Gasteiger partial charge in [0, 0.05) is 0 Å². The van der Waals surface area contributed by atoms with Crippen molar-refractivity contribution in [1.82, 2.24) is 0 Å². The van der Waals surface area contributed by atoms with E-state index in [4.69, 9.17) is 0 Å².